The van der Waals surface area contributed by atoms with Crippen LogP contribution in [0, 0.1) is 0 Å². The van der Waals surface area contributed by atoms with Gasteiger partial charge in [-0.1, -0.05) is 24.3 Å². The number of H-pyrrole nitrogens is 1. The van der Waals surface area contributed by atoms with Crippen LogP contribution in [0.2, 0.25) is 0 Å². The largest absolute Gasteiger partial charge is 0.378 e. The van der Waals surface area contributed by atoms with Gasteiger partial charge in [-0.3, -0.25) is 15.1 Å². The van der Waals surface area contributed by atoms with Crippen molar-refractivity contribution in [3.8, 4) is 22.5 Å². The highest BCUT2D eigenvalue weighted by molar-refractivity contribution is 6.07. The zero-order chi connectivity index (χ0) is 20.6. The maximum absolute atomic E-state index is 5.56. The summed E-state index contributed by atoms with van der Waals surface area (Å²) in [5.41, 5.74) is 4.66. The normalized spacial score (nSPS) is 14.4. The van der Waals surface area contributed by atoms with E-state index in [1.807, 2.05) is 36.8 Å². The number of benzene rings is 1. The first-order valence-corrected chi connectivity index (χ1v) is 10.3. The highest BCUT2D eigenvalue weighted by Gasteiger charge is 2.19. The zero-order valence-electron chi connectivity index (χ0n) is 16.8. The molecule has 6 rings (SSSR count). The summed E-state index contributed by atoms with van der Waals surface area (Å²) in [7, 11) is 0. The monoisotopic (exact) mass is 408 g/mol. The quantitative estimate of drug-likeness (QED) is 0.485. The molecule has 0 unspecified atom stereocenters. The zero-order valence-corrected chi connectivity index (χ0v) is 16.8. The van der Waals surface area contributed by atoms with Crippen LogP contribution >= 0.6 is 0 Å². The molecule has 152 valence electrons. The molecular weight excluding hydrogens is 388 g/mol. The van der Waals surface area contributed by atoms with E-state index in [2.05, 4.69) is 49.3 Å². The summed E-state index contributed by atoms with van der Waals surface area (Å²) in [6.07, 6.45) is 7.41. The second kappa shape index (κ2) is 7.45. The van der Waals surface area contributed by atoms with Crippen molar-refractivity contribution in [3.05, 3.63) is 67.3 Å². The molecule has 0 bridgehead atoms. The Morgan fingerprint density at radius 1 is 0.903 bits per heavy atom. The average molecular weight is 408 g/mol. The second-order valence-corrected chi connectivity index (χ2v) is 7.56. The van der Waals surface area contributed by atoms with Gasteiger partial charge in [-0.15, -0.1) is 0 Å². The molecule has 1 aliphatic rings. The predicted molar refractivity (Wildman–Crippen MR) is 121 cm³/mol. The summed E-state index contributed by atoms with van der Waals surface area (Å²) >= 11 is 0. The number of hydrogen-bond donors (Lipinski definition) is 1. The Morgan fingerprint density at radius 2 is 1.81 bits per heavy atom. The van der Waals surface area contributed by atoms with E-state index in [1.165, 1.54) is 0 Å². The molecule has 31 heavy (non-hydrogen) atoms. The Labute approximate surface area is 178 Å². The third-order valence-electron chi connectivity index (χ3n) is 5.76. The summed E-state index contributed by atoms with van der Waals surface area (Å²) in [6, 6.07) is 14.5. The van der Waals surface area contributed by atoms with Crippen LogP contribution < -0.4 is 4.90 Å². The molecule has 0 saturated carbocycles. The van der Waals surface area contributed by atoms with Gasteiger partial charge in [0, 0.05) is 54.2 Å². The molecule has 1 fully saturated rings. The lowest BCUT2D eigenvalue weighted by Crippen LogP contribution is -2.36. The van der Waals surface area contributed by atoms with Crippen LogP contribution in [-0.4, -0.2) is 51.5 Å². The van der Waals surface area contributed by atoms with Gasteiger partial charge < -0.3 is 9.64 Å². The number of anilines is 1. The summed E-state index contributed by atoms with van der Waals surface area (Å²) in [4.78, 5) is 16.5. The minimum atomic E-state index is 0.700. The van der Waals surface area contributed by atoms with Gasteiger partial charge in [0.1, 0.15) is 17.0 Å². The Kier molecular flexibility index (Phi) is 4.32. The first-order valence-electron chi connectivity index (χ1n) is 10.3. The van der Waals surface area contributed by atoms with E-state index in [4.69, 9.17) is 9.72 Å². The van der Waals surface area contributed by atoms with E-state index in [0.717, 1.165) is 63.1 Å². The summed E-state index contributed by atoms with van der Waals surface area (Å²) in [5, 5.41) is 10.5. The summed E-state index contributed by atoms with van der Waals surface area (Å²) in [5.74, 6) is 0.924. The van der Waals surface area contributed by atoms with Gasteiger partial charge in [-0.05, 0) is 29.1 Å². The van der Waals surface area contributed by atoms with Crippen molar-refractivity contribution < 1.29 is 4.74 Å². The van der Waals surface area contributed by atoms with Gasteiger partial charge in [-0.2, -0.15) is 5.10 Å². The van der Waals surface area contributed by atoms with Crippen molar-refractivity contribution in [2.24, 2.45) is 0 Å². The molecule has 7 nitrogen and oxygen atoms in total. The second-order valence-electron chi connectivity index (χ2n) is 7.56. The van der Waals surface area contributed by atoms with Gasteiger partial charge in [0.2, 0.25) is 0 Å². The minimum absolute atomic E-state index is 0.700. The molecule has 5 heterocycles. The number of aromatic nitrogens is 5. The smallest absolute Gasteiger partial charge is 0.130 e. The molecular formula is C24H20N6O. The summed E-state index contributed by atoms with van der Waals surface area (Å²) in [6.45, 7) is 3.02. The molecule has 4 aromatic heterocycles. The highest BCUT2D eigenvalue weighted by Crippen LogP contribution is 2.37. The molecule has 0 aliphatic carbocycles. The van der Waals surface area contributed by atoms with E-state index < -0.39 is 0 Å². The third kappa shape index (κ3) is 3.10. The molecule has 7 heteroatoms. The fourth-order valence-electron chi connectivity index (χ4n) is 4.23. The molecule has 0 atom stereocenters. The van der Waals surface area contributed by atoms with E-state index in [-0.39, 0.29) is 0 Å². The molecule has 0 amide bonds. The number of ether oxygens (including phenoxy) is 1. The SMILES string of the molecule is c1ccc2c(-c3cc(N4CCOCC4)nc4c(-c5ccn[nH]5)nccc34)cncc2c1. The van der Waals surface area contributed by atoms with Gasteiger partial charge in [0.25, 0.3) is 0 Å². The van der Waals surface area contributed by atoms with Crippen molar-refractivity contribution in [3.63, 3.8) is 0 Å². The fraction of sp³-hybridized carbons (Fsp3) is 0.167. The van der Waals surface area contributed by atoms with E-state index in [0.29, 0.717) is 13.2 Å². The number of nitrogens with zero attached hydrogens (tertiary/aromatic N) is 5. The molecule has 1 aromatic carbocycles. The highest BCUT2D eigenvalue weighted by atomic mass is 16.5. The van der Waals surface area contributed by atoms with Gasteiger partial charge in [0.05, 0.1) is 18.9 Å². The van der Waals surface area contributed by atoms with Crippen LogP contribution in [0.1, 0.15) is 0 Å². The van der Waals surface area contributed by atoms with Crippen molar-refractivity contribution in [1.82, 2.24) is 25.1 Å². The lowest BCUT2D eigenvalue weighted by Gasteiger charge is -2.28. The molecule has 1 N–H and O–H groups in total. The van der Waals surface area contributed by atoms with Crippen LogP contribution in [0.5, 0.6) is 0 Å². The lowest BCUT2D eigenvalue weighted by atomic mass is 9.97. The predicted octanol–water partition coefficient (Wildman–Crippen LogP) is 4.07. The van der Waals surface area contributed by atoms with Crippen LogP contribution in [0.25, 0.3) is 44.2 Å². The first kappa shape index (κ1) is 18.0. The lowest BCUT2D eigenvalue weighted by molar-refractivity contribution is 0.122. The van der Waals surface area contributed by atoms with Crippen LogP contribution in [0.4, 0.5) is 5.82 Å². The third-order valence-corrected chi connectivity index (χ3v) is 5.76. The Bertz CT molecular complexity index is 1370. The molecule has 0 radical (unpaired) electrons. The number of pyridine rings is 3. The summed E-state index contributed by atoms with van der Waals surface area (Å²) < 4.78 is 5.56. The van der Waals surface area contributed by atoms with Gasteiger partial charge in [0.15, 0.2) is 0 Å². The number of hydrogen-bond acceptors (Lipinski definition) is 6. The molecule has 0 spiro atoms. The van der Waals surface area contributed by atoms with Gasteiger partial charge >= 0.3 is 0 Å². The first-order chi connectivity index (χ1) is 15.4. The topological polar surface area (TPSA) is 79.8 Å². The fourth-order valence-corrected chi connectivity index (χ4v) is 4.23. The number of morpholine rings is 1. The molecule has 1 saturated heterocycles. The van der Waals surface area contributed by atoms with Crippen molar-refractivity contribution in [2.45, 2.75) is 0 Å². The number of aromatic amines is 1. The van der Waals surface area contributed by atoms with Crippen LogP contribution in [-0.2, 0) is 4.74 Å². The van der Waals surface area contributed by atoms with Crippen LogP contribution in [0.15, 0.2) is 67.3 Å². The Balaban J connectivity index is 1.67. The Morgan fingerprint density at radius 3 is 2.68 bits per heavy atom. The molecule has 5 aromatic rings. The van der Waals surface area contributed by atoms with Crippen molar-refractivity contribution in [1.29, 1.82) is 0 Å². The maximum atomic E-state index is 5.56. The number of rotatable bonds is 3. The van der Waals surface area contributed by atoms with Crippen molar-refractivity contribution >= 4 is 27.5 Å². The van der Waals surface area contributed by atoms with Gasteiger partial charge in [-0.25, -0.2) is 4.98 Å². The number of fused-ring (bicyclic) bond motifs is 2. The Hall–Kier alpha value is -3.84. The number of nitrogens with one attached hydrogen (secondary N) is 1. The average Bonchev–Trinajstić information content (AvgIpc) is 3.38. The molecule has 1 aliphatic heterocycles. The standard InChI is InChI=1S/C24H20N6O/c1-2-4-17-16(3-1)14-25-15-20(17)19-13-22(30-9-11-31-12-10-30)28-23-18(19)5-7-26-24(23)21-6-8-27-29-21/h1-8,13-15H,9-12H2,(H,27,29). The maximum Gasteiger partial charge on any atom is 0.130 e. The van der Waals surface area contributed by atoms with E-state index in [9.17, 15) is 0 Å². The minimum Gasteiger partial charge on any atom is -0.378 e. The van der Waals surface area contributed by atoms with E-state index in [1.54, 1.807) is 6.20 Å². The van der Waals surface area contributed by atoms with Crippen LogP contribution in [0.3, 0.4) is 0 Å². The van der Waals surface area contributed by atoms with Crippen molar-refractivity contribution in [2.75, 3.05) is 31.2 Å². The van der Waals surface area contributed by atoms with E-state index >= 15 is 0 Å².